The molecule has 1 atom stereocenters. The van der Waals surface area contributed by atoms with Crippen molar-refractivity contribution in [3.63, 3.8) is 0 Å². The zero-order valence-corrected chi connectivity index (χ0v) is 12.0. The zero-order chi connectivity index (χ0) is 13.8. The number of methoxy groups -OCH3 is 1. The summed E-state index contributed by atoms with van der Waals surface area (Å²) in [5, 5.41) is 0. The van der Waals surface area contributed by atoms with Crippen LogP contribution < -0.4 is 4.74 Å². The minimum atomic E-state index is -0.602. The molecule has 0 aliphatic carbocycles. The van der Waals surface area contributed by atoms with Gasteiger partial charge in [0.2, 0.25) is 0 Å². The minimum Gasteiger partial charge on any atom is -0.497 e. The van der Waals surface area contributed by atoms with Crippen molar-refractivity contribution in [2.75, 3.05) is 7.11 Å². The predicted molar refractivity (Wildman–Crippen MR) is 74.7 cm³/mol. The molecule has 0 aliphatic rings. The summed E-state index contributed by atoms with van der Waals surface area (Å²) in [5.74, 6) is -1.03. The molecule has 2 aromatic rings. The van der Waals surface area contributed by atoms with Gasteiger partial charge in [-0.2, -0.15) is 0 Å². The summed E-state index contributed by atoms with van der Waals surface area (Å²) in [5.41, 5.74) is 1.05. The van der Waals surface area contributed by atoms with E-state index in [-0.39, 0.29) is 11.3 Å². The fourth-order valence-electron chi connectivity index (χ4n) is 1.90. The standard InChI is InChI=1S/C15H13BrF2O/c1-19-11-8-13(17)15(14(18)9-11)12(16)7-10-5-3-2-4-6-10/h2-6,8-9,12H,7H2,1H3. The average molecular weight is 327 g/mol. The maximum atomic E-state index is 13.9. The summed E-state index contributed by atoms with van der Waals surface area (Å²) in [6.45, 7) is 0. The lowest BCUT2D eigenvalue weighted by molar-refractivity contribution is 0.405. The van der Waals surface area contributed by atoms with Crippen LogP contribution in [0, 0.1) is 11.6 Å². The predicted octanol–water partition coefficient (Wildman–Crippen LogP) is 4.65. The molecule has 0 aromatic heterocycles. The van der Waals surface area contributed by atoms with E-state index in [1.807, 2.05) is 30.3 Å². The first-order valence-corrected chi connectivity index (χ1v) is 6.74. The molecule has 0 saturated carbocycles. The van der Waals surface area contributed by atoms with Gasteiger partial charge < -0.3 is 4.74 Å². The molecule has 0 radical (unpaired) electrons. The molecule has 0 saturated heterocycles. The van der Waals surface area contributed by atoms with Crippen LogP contribution in [0.15, 0.2) is 42.5 Å². The highest BCUT2D eigenvalue weighted by molar-refractivity contribution is 9.09. The van der Waals surface area contributed by atoms with Crippen LogP contribution in [-0.2, 0) is 6.42 Å². The highest BCUT2D eigenvalue weighted by atomic mass is 79.9. The van der Waals surface area contributed by atoms with Crippen LogP contribution >= 0.6 is 15.9 Å². The summed E-state index contributed by atoms with van der Waals surface area (Å²) in [7, 11) is 1.38. The van der Waals surface area contributed by atoms with Crippen LogP contribution in [-0.4, -0.2) is 7.11 Å². The highest BCUT2D eigenvalue weighted by Crippen LogP contribution is 2.33. The number of hydrogen-bond donors (Lipinski definition) is 0. The molecule has 1 unspecified atom stereocenters. The lowest BCUT2D eigenvalue weighted by Crippen LogP contribution is -2.03. The molecule has 1 nitrogen and oxygen atoms in total. The molecule has 2 aromatic carbocycles. The Morgan fingerprint density at radius 3 is 2.21 bits per heavy atom. The van der Waals surface area contributed by atoms with Gasteiger partial charge in [0, 0.05) is 22.5 Å². The SMILES string of the molecule is COc1cc(F)c(C(Br)Cc2ccccc2)c(F)c1. The molecule has 0 fully saturated rings. The molecule has 100 valence electrons. The second kappa shape index (κ2) is 6.15. The Kier molecular flexibility index (Phi) is 4.53. The fourth-order valence-corrected chi connectivity index (χ4v) is 2.71. The largest absolute Gasteiger partial charge is 0.497 e. The minimum absolute atomic E-state index is 0.0321. The first-order valence-electron chi connectivity index (χ1n) is 5.82. The second-order valence-corrected chi connectivity index (χ2v) is 5.27. The molecule has 0 spiro atoms. The van der Waals surface area contributed by atoms with Crippen molar-refractivity contribution in [2.45, 2.75) is 11.2 Å². The molecule has 2 rings (SSSR count). The molecule has 0 aliphatic heterocycles. The molecule has 19 heavy (non-hydrogen) atoms. The third-order valence-corrected chi connectivity index (χ3v) is 3.64. The summed E-state index contributed by atoms with van der Waals surface area (Å²) in [6.07, 6.45) is 0.515. The normalized spacial score (nSPS) is 12.2. The topological polar surface area (TPSA) is 9.23 Å². The van der Waals surface area contributed by atoms with Crippen LogP contribution in [0.25, 0.3) is 0 Å². The smallest absolute Gasteiger partial charge is 0.134 e. The molecule has 0 N–H and O–H groups in total. The maximum absolute atomic E-state index is 13.9. The van der Waals surface area contributed by atoms with Gasteiger partial charge in [-0.05, 0) is 12.0 Å². The quantitative estimate of drug-likeness (QED) is 0.743. The van der Waals surface area contributed by atoms with Crippen molar-refractivity contribution in [2.24, 2.45) is 0 Å². The van der Waals surface area contributed by atoms with Gasteiger partial charge in [0.25, 0.3) is 0 Å². The Morgan fingerprint density at radius 1 is 1.11 bits per heavy atom. The van der Waals surface area contributed by atoms with Gasteiger partial charge in [0.05, 0.1) is 7.11 Å². The van der Waals surface area contributed by atoms with Crippen molar-refractivity contribution < 1.29 is 13.5 Å². The van der Waals surface area contributed by atoms with Crippen molar-refractivity contribution in [1.29, 1.82) is 0 Å². The summed E-state index contributed by atoms with van der Waals surface area (Å²) in [4.78, 5) is -0.416. The van der Waals surface area contributed by atoms with Crippen LogP contribution in [0.5, 0.6) is 5.75 Å². The van der Waals surface area contributed by atoms with E-state index >= 15 is 0 Å². The lowest BCUT2D eigenvalue weighted by Gasteiger charge is -2.13. The van der Waals surface area contributed by atoms with Gasteiger partial charge >= 0.3 is 0 Å². The second-order valence-electron chi connectivity index (χ2n) is 4.16. The van der Waals surface area contributed by atoms with E-state index in [2.05, 4.69) is 15.9 Å². The van der Waals surface area contributed by atoms with Crippen molar-refractivity contribution in [3.05, 3.63) is 65.2 Å². The van der Waals surface area contributed by atoms with E-state index in [1.165, 1.54) is 19.2 Å². The number of alkyl halides is 1. The lowest BCUT2D eigenvalue weighted by atomic mass is 10.0. The van der Waals surface area contributed by atoms with Crippen LogP contribution in [0.4, 0.5) is 8.78 Å². The van der Waals surface area contributed by atoms with Gasteiger partial charge in [-0.15, -0.1) is 0 Å². The Bertz CT molecular complexity index is 534. The van der Waals surface area contributed by atoms with Crippen LogP contribution in [0.2, 0.25) is 0 Å². The van der Waals surface area contributed by atoms with E-state index in [1.54, 1.807) is 0 Å². The van der Waals surface area contributed by atoms with Gasteiger partial charge in [0.15, 0.2) is 0 Å². The van der Waals surface area contributed by atoms with Crippen molar-refractivity contribution in [3.8, 4) is 5.75 Å². The van der Waals surface area contributed by atoms with Gasteiger partial charge in [-0.1, -0.05) is 46.3 Å². The Balaban J connectivity index is 2.26. The average Bonchev–Trinajstić information content (AvgIpc) is 2.38. The van der Waals surface area contributed by atoms with E-state index in [0.717, 1.165) is 5.56 Å². The number of hydrogen-bond acceptors (Lipinski definition) is 1. The molecular weight excluding hydrogens is 314 g/mol. The van der Waals surface area contributed by atoms with Crippen molar-refractivity contribution >= 4 is 15.9 Å². The summed E-state index contributed by atoms with van der Waals surface area (Å²) >= 11 is 3.35. The third-order valence-electron chi connectivity index (χ3n) is 2.86. The zero-order valence-electron chi connectivity index (χ0n) is 10.4. The monoisotopic (exact) mass is 326 g/mol. The Morgan fingerprint density at radius 2 is 1.68 bits per heavy atom. The number of benzene rings is 2. The highest BCUT2D eigenvalue weighted by Gasteiger charge is 2.19. The van der Waals surface area contributed by atoms with E-state index in [4.69, 9.17) is 4.74 Å². The fraction of sp³-hybridized carbons (Fsp3) is 0.200. The van der Waals surface area contributed by atoms with E-state index < -0.39 is 16.5 Å². The number of rotatable bonds is 4. The maximum Gasteiger partial charge on any atom is 0.134 e. The molecule has 0 bridgehead atoms. The molecule has 0 amide bonds. The number of ether oxygens (including phenoxy) is 1. The Hall–Kier alpha value is -1.42. The first kappa shape index (κ1) is 14.0. The third kappa shape index (κ3) is 3.32. The van der Waals surface area contributed by atoms with Gasteiger partial charge in [-0.25, -0.2) is 8.78 Å². The summed E-state index contributed by atoms with van der Waals surface area (Å²) < 4.78 is 32.6. The van der Waals surface area contributed by atoms with E-state index in [0.29, 0.717) is 6.42 Å². The summed E-state index contributed by atoms with van der Waals surface area (Å²) in [6, 6.07) is 11.9. The molecule has 4 heteroatoms. The Labute approximate surface area is 119 Å². The van der Waals surface area contributed by atoms with Crippen LogP contribution in [0.1, 0.15) is 16.0 Å². The molecular formula is C15H13BrF2O. The first-order chi connectivity index (χ1) is 9.11. The van der Waals surface area contributed by atoms with Gasteiger partial charge in [-0.3, -0.25) is 0 Å². The van der Waals surface area contributed by atoms with E-state index in [9.17, 15) is 8.78 Å². The number of halogens is 3. The van der Waals surface area contributed by atoms with Crippen molar-refractivity contribution in [1.82, 2.24) is 0 Å². The van der Waals surface area contributed by atoms with Gasteiger partial charge in [0.1, 0.15) is 17.4 Å². The van der Waals surface area contributed by atoms with Crippen LogP contribution in [0.3, 0.4) is 0 Å². The molecule has 0 heterocycles.